The predicted molar refractivity (Wildman–Crippen MR) is 63.7 cm³/mol. The molecule has 0 radical (unpaired) electrons. The number of hydrogen-bond acceptors (Lipinski definition) is 5. The van der Waals surface area contributed by atoms with E-state index in [2.05, 4.69) is 0 Å². The molecular weight excluding hydrogens is 240 g/mol. The number of carbonyl (C=O) groups is 1. The third-order valence-corrected chi connectivity index (χ3v) is 3.19. The number of rotatable bonds is 3. The molecule has 0 saturated carbocycles. The minimum Gasteiger partial charge on any atom is -0.464 e. The Labute approximate surface area is 104 Å². The minimum atomic E-state index is -0.760. The van der Waals surface area contributed by atoms with E-state index in [1.165, 1.54) is 0 Å². The first-order valence-corrected chi connectivity index (χ1v) is 6.52. The molecule has 1 aliphatic rings. The first-order valence-electron chi connectivity index (χ1n) is 5.58. The van der Waals surface area contributed by atoms with E-state index in [9.17, 15) is 4.79 Å². The molecule has 2 heterocycles. The van der Waals surface area contributed by atoms with E-state index in [4.69, 9.17) is 14.2 Å². The lowest BCUT2D eigenvalue weighted by Gasteiger charge is -2.16. The van der Waals surface area contributed by atoms with Gasteiger partial charge in [0.15, 0.2) is 11.9 Å². The van der Waals surface area contributed by atoms with Crippen molar-refractivity contribution in [3.05, 3.63) is 22.4 Å². The van der Waals surface area contributed by atoms with Crippen LogP contribution in [0.3, 0.4) is 0 Å². The SMILES string of the molecule is CCOC(=O)[C@H]1OC(C)(C)O[C@H]1c1ccsc1. The summed E-state index contributed by atoms with van der Waals surface area (Å²) in [6, 6.07) is 1.94. The van der Waals surface area contributed by atoms with Gasteiger partial charge in [0.2, 0.25) is 0 Å². The number of carbonyl (C=O) groups excluding carboxylic acids is 1. The highest BCUT2D eigenvalue weighted by molar-refractivity contribution is 7.07. The number of thiophene rings is 1. The first kappa shape index (κ1) is 12.5. The third-order valence-electron chi connectivity index (χ3n) is 2.49. The molecule has 0 aromatic carbocycles. The summed E-state index contributed by atoms with van der Waals surface area (Å²) in [7, 11) is 0. The van der Waals surface area contributed by atoms with Crippen LogP contribution in [0.15, 0.2) is 16.8 Å². The second kappa shape index (κ2) is 4.76. The van der Waals surface area contributed by atoms with Crippen LogP contribution >= 0.6 is 11.3 Å². The highest BCUT2D eigenvalue weighted by atomic mass is 32.1. The third kappa shape index (κ3) is 2.68. The van der Waals surface area contributed by atoms with Gasteiger partial charge in [-0.05, 0) is 43.2 Å². The van der Waals surface area contributed by atoms with Crippen molar-refractivity contribution in [3.63, 3.8) is 0 Å². The van der Waals surface area contributed by atoms with E-state index in [-0.39, 0.29) is 12.1 Å². The van der Waals surface area contributed by atoms with Crippen LogP contribution in [-0.2, 0) is 19.0 Å². The van der Waals surface area contributed by atoms with Crippen molar-refractivity contribution in [1.82, 2.24) is 0 Å². The van der Waals surface area contributed by atoms with Crippen LogP contribution in [0, 0.1) is 0 Å². The van der Waals surface area contributed by atoms with E-state index in [1.807, 2.05) is 16.8 Å². The highest BCUT2D eigenvalue weighted by Gasteiger charge is 2.46. The Balaban J connectivity index is 2.20. The van der Waals surface area contributed by atoms with Gasteiger partial charge < -0.3 is 14.2 Å². The molecule has 0 unspecified atom stereocenters. The summed E-state index contributed by atoms with van der Waals surface area (Å²) in [5, 5.41) is 3.91. The number of hydrogen-bond donors (Lipinski definition) is 0. The summed E-state index contributed by atoms with van der Waals surface area (Å²) in [6.45, 7) is 5.71. The molecule has 0 aliphatic carbocycles. The van der Waals surface area contributed by atoms with Crippen LogP contribution in [0.4, 0.5) is 0 Å². The number of ether oxygens (including phenoxy) is 3. The first-order chi connectivity index (χ1) is 8.03. The van der Waals surface area contributed by atoms with Gasteiger partial charge in [-0.2, -0.15) is 11.3 Å². The maximum absolute atomic E-state index is 11.8. The summed E-state index contributed by atoms with van der Waals surface area (Å²) >= 11 is 1.57. The van der Waals surface area contributed by atoms with Crippen LogP contribution in [0.1, 0.15) is 32.4 Å². The lowest BCUT2D eigenvalue weighted by Crippen LogP contribution is -2.29. The van der Waals surface area contributed by atoms with E-state index >= 15 is 0 Å². The molecule has 2 rings (SSSR count). The molecule has 1 aliphatic heterocycles. The smallest absolute Gasteiger partial charge is 0.338 e. The van der Waals surface area contributed by atoms with Crippen molar-refractivity contribution < 1.29 is 19.0 Å². The quantitative estimate of drug-likeness (QED) is 0.779. The summed E-state index contributed by atoms with van der Waals surface area (Å²) in [6.07, 6.45) is -1.06. The largest absolute Gasteiger partial charge is 0.464 e. The molecule has 4 nitrogen and oxygen atoms in total. The van der Waals surface area contributed by atoms with E-state index in [0.29, 0.717) is 6.61 Å². The van der Waals surface area contributed by atoms with Crippen LogP contribution in [0.25, 0.3) is 0 Å². The zero-order chi connectivity index (χ0) is 12.5. The minimum absolute atomic E-state index is 0.343. The normalized spacial score (nSPS) is 27.0. The molecule has 5 heteroatoms. The van der Waals surface area contributed by atoms with Crippen molar-refractivity contribution in [2.75, 3.05) is 6.61 Å². The Morgan fingerprint density at radius 2 is 2.29 bits per heavy atom. The molecule has 2 atom stereocenters. The second-order valence-electron chi connectivity index (χ2n) is 4.29. The maximum atomic E-state index is 11.8. The molecule has 1 saturated heterocycles. The molecule has 94 valence electrons. The van der Waals surface area contributed by atoms with Crippen molar-refractivity contribution in [2.24, 2.45) is 0 Å². The lowest BCUT2D eigenvalue weighted by molar-refractivity contribution is -0.170. The zero-order valence-electron chi connectivity index (χ0n) is 10.1. The molecular formula is C12H16O4S. The van der Waals surface area contributed by atoms with E-state index in [0.717, 1.165) is 5.56 Å². The van der Waals surface area contributed by atoms with Gasteiger partial charge in [-0.25, -0.2) is 4.79 Å². The van der Waals surface area contributed by atoms with E-state index in [1.54, 1.807) is 32.1 Å². The Bertz CT molecular complexity index is 385. The Morgan fingerprint density at radius 1 is 1.53 bits per heavy atom. The van der Waals surface area contributed by atoms with Crippen LogP contribution < -0.4 is 0 Å². The van der Waals surface area contributed by atoms with Gasteiger partial charge in [-0.1, -0.05) is 0 Å². The van der Waals surface area contributed by atoms with Gasteiger partial charge >= 0.3 is 5.97 Å². The molecule has 1 fully saturated rings. The monoisotopic (exact) mass is 256 g/mol. The topological polar surface area (TPSA) is 44.8 Å². The average molecular weight is 256 g/mol. The van der Waals surface area contributed by atoms with Crippen molar-refractivity contribution >= 4 is 17.3 Å². The molecule has 17 heavy (non-hydrogen) atoms. The zero-order valence-corrected chi connectivity index (χ0v) is 11.0. The Kier molecular flexibility index (Phi) is 3.51. The van der Waals surface area contributed by atoms with Gasteiger partial charge in [-0.15, -0.1) is 0 Å². The fraction of sp³-hybridized carbons (Fsp3) is 0.583. The van der Waals surface area contributed by atoms with Crippen LogP contribution in [-0.4, -0.2) is 24.5 Å². The van der Waals surface area contributed by atoms with Gasteiger partial charge in [-0.3, -0.25) is 0 Å². The van der Waals surface area contributed by atoms with Crippen LogP contribution in [0.5, 0.6) is 0 Å². The van der Waals surface area contributed by atoms with Gasteiger partial charge in [0.1, 0.15) is 6.10 Å². The summed E-state index contributed by atoms with van der Waals surface area (Å²) in [4.78, 5) is 11.8. The van der Waals surface area contributed by atoms with Crippen LogP contribution in [0.2, 0.25) is 0 Å². The number of esters is 1. The maximum Gasteiger partial charge on any atom is 0.338 e. The standard InChI is InChI=1S/C12H16O4S/c1-4-14-11(13)10-9(8-5-6-17-7-8)15-12(2,3)16-10/h5-7,9-10H,4H2,1-3H3/t9-,10-/m0/s1. The molecule has 0 amide bonds. The molecule has 0 N–H and O–H groups in total. The second-order valence-corrected chi connectivity index (χ2v) is 5.07. The summed E-state index contributed by atoms with van der Waals surface area (Å²) in [5.41, 5.74) is 0.957. The molecule has 1 aromatic rings. The lowest BCUT2D eigenvalue weighted by atomic mass is 10.1. The van der Waals surface area contributed by atoms with Gasteiger partial charge in [0.25, 0.3) is 0 Å². The highest BCUT2D eigenvalue weighted by Crippen LogP contribution is 2.39. The summed E-state index contributed by atoms with van der Waals surface area (Å²) in [5.74, 6) is -1.13. The Hall–Kier alpha value is -0.910. The van der Waals surface area contributed by atoms with Crippen molar-refractivity contribution in [2.45, 2.75) is 38.8 Å². The van der Waals surface area contributed by atoms with Crippen molar-refractivity contribution in [3.8, 4) is 0 Å². The fourth-order valence-electron chi connectivity index (χ4n) is 1.84. The Morgan fingerprint density at radius 3 is 2.88 bits per heavy atom. The molecule has 0 spiro atoms. The summed E-state index contributed by atoms with van der Waals surface area (Å²) < 4.78 is 16.4. The molecule has 1 aromatic heterocycles. The molecule has 0 bridgehead atoms. The fourth-order valence-corrected chi connectivity index (χ4v) is 2.52. The van der Waals surface area contributed by atoms with Gasteiger partial charge in [0, 0.05) is 0 Å². The van der Waals surface area contributed by atoms with E-state index < -0.39 is 11.9 Å². The van der Waals surface area contributed by atoms with Crippen molar-refractivity contribution in [1.29, 1.82) is 0 Å². The predicted octanol–water partition coefficient (Wildman–Crippen LogP) is 2.50. The van der Waals surface area contributed by atoms with Gasteiger partial charge in [0.05, 0.1) is 6.61 Å². The average Bonchev–Trinajstić information content (AvgIpc) is 2.84.